The number of aliphatic hydroxyl groups is 1. The number of thiophene rings is 1. The molecule has 4 N–H and O–H groups in total. The number of nitrogens with one attached hydrogen (secondary N) is 3. The molecule has 26 heavy (non-hydrogen) atoms. The number of halogens is 1. The van der Waals surface area contributed by atoms with Gasteiger partial charge in [-0.15, -0.1) is 24.0 Å². The van der Waals surface area contributed by atoms with Crippen LogP contribution in [0.5, 0.6) is 0 Å². The first-order valence-corrected chi connectivity index (χ1v) is 9.02. The second-order valence-electron chi connectivity index (χ2n) is 5.69. The molecular weight excluding hydrogens is 467 g/mol. The molecule has 2 aromatic heterocycles. The second kappa shape index (κ2) is 11.2. The van der Waals surface area contributed by atoms with E-state index in [2.05, 4.69) is 20.9 Å². The molecule has 0 aliphatic carbocycles. The van der Waals surface area contributed by atoms with Crippen LogP contribution < -0.4 is 16.0 Å². The SMILES string of the molecule is CCNC(=NCC(=O)NCc1ccco1)NCC(C)(O)c1ccsc1.I. The maximum absolute atomic E-state index is 11.9. The molecule has 0 radical (unpaired) electrons. The van der Waals surface area contributed by atoms with Gasteiger partial charge in [-0.05, 0) is 48.4 Å². The Kier molecular flexibility index (Phi) is 9.66. The van der Waals surface area contributed by atoms with Crippen LogP contribution in [0.25, 0.3) is 0 Å². The summed E-state index contributed by atoms with van der Waals surface area (Å²) in [7, 11) is 0. The highest BCUT2D eigenvalue weighted by molar-refractivity contribution is 14.0. The van der Waals surface area contributed by atoms with Gasteiger partial charge in [0, 0.05) is 6.54 Å². The van der Waals surface area contributed by atoms with Crippen LogP contribution >= 0.6 is 35.3 Å². The molecule has 0 saturated carbocycles. The van der Waals surface area contributed by atoms with Crippen LogP contribution in [0.1, 0.15) is 25.2 Å². The van der Waals surface area contributed by atoms with Gasteiger partial charge in [-0.25, -0.2) is 4.99 Å². The first-order chi connectivity index (χ1) is 12.0. The van der Waals surface area contributed by atoms with Gasteiger partial charge in [0.15, 0.2) is 5.96 Å². The Morgan fingerprint density at radius 2 is 2.15 bits per heavy atom. The molecule has 1 atom stereocenters. The zero-order valence-corrected chi connectivity index (χ0v) is 18.0. The average molecular weight is 492 g/mol. The van der Waals surface area contributed by atoms with E-state index in [4.69, 9.17) is 4.42 Å². The van der Waals surface area contributed by atoms with Crippen molar-refractivity contribution in [3.05, 3.63) is 46.5 Å². The maximum Gasteiger partial charge on any atom is 0.242 e. The molecule has 0 aromatic carbocycles. The van der Waals surface area contributed by atoms with Crippen molar-refractivity contribution in [1.29, 1.82) is 0 Å². The lowest BCUT2D eigenvalue weighted by Gasteiger charge is -2.24. The van der Waals surface area contributed by atoms with Gasteiger partial charge in [0.25, 0.3) is 0 Å². The highest BCUT2D eigenvalue weighted by Crippen LogP contribution is 2.21. The summed E-state index contributed by atoms with van der Waals surface area (Å²) in [6.45, 7) is 4.92. The van der Waals surface area contributed by atoms with E-state index in [9.17, 15) is 9.90 Å². The van der Waals surface area contributed by atoms with E-state index in [0.717, 1.165) is 5.56 Å². The van der Waals surface area contributed by atoms with Gasteiger partial charge in [0.1, 0.15) is 17.9 Å². The van der Waals surface area contributed by atoms with Crippen molar-refractivity contribution in [3.63, 3.8) is 0 Å². The number of hydrogen-bond acceptors (Lipinski definition) is 5. The fourth-order valence-corrected chi connectivity index (χ4v) is 2.86. The predicted octanol–water partition coefficient (Wildman–Crippen LogP) is 2.04. The first kappa shape index (κ1) is 22.5. The normalized spacial score (nSPS) is 13.4. The summed E-state index contributed by atoms with van der Waals surface area (Å²) in [5, 5.41) is 23.2. The van der Waals surface area contributed by atoms with Gasteiger partial charge in [0.2, 0.25) is 5.91 Å². The molecule has 2 aromatic rings. The number of rotatable bonds is 8. The Bertz CT molecular complexity index is 672. The lowest BCUT2D eigenvalue weighted by Crippen LogP contribution is -2.44. The minimum Gasteiger partial charge on any atom is -0.467 e. The van der Waals surface area contributed by atoms with Gasteiger partial charge >= 0.3 is 0 Å². The maximum atomic E-state index is 11.9. The van der Waals surface area contributed by atoms with Crippen molar-refractivity contribution in [2.75, 3.05) is 19.6 Å². The predicted molar refractivity (Wildman–Crippen MR) is 114 cm³/mol. The van der Waals surface area contributed by atoms with E-state index in [-0.39, 0.29) is 43.0 Å². The molecule has 9 heteroatoms. The molecule has 1 unspecified atom stereocenters. The standard InChI is InChI=1S/C17H24N4O3S.HI/c1-3-18-16(21-12-17(2,23)13-6-8-25-11-13)20-10-15(22)19-9-14-5-4-7-24-14;/h4-8,11,23H,3,9-10,12H2,1-2H3,(H,19,22)(H2,18,20,21);1H. The molecule has 0 spiro atoms. The second-order valence-corrected chi connectivity index (χ2v) is 6.47. The summed E-state index contributed by atoms with van der Waals surface area (Å²) in [5.74, 6) is 0.957. The number of hydrogen-bond donors (Lipinski definition) is 4. The largest absolute Gasteiger partial charge is 0.467 e. The summed E-state index contributed by atoms with van der Waals surface area (Å²) in [6.07, 6.45) is 1.56. The Hall–Kier alpha value is -1.59. The molecule has 144 valence electrons. The third kappa shape index (κ3) is 7.34. The summed E-state index contributed by atoms with van der Waals surface area (Å²) >= 11 is 1.54. The third-order valence-electron chi connectivity index (χ3n) is 3.51. The summed E-state index contributed by atoms with van der Waals surface area (Å²) in [6, 6.07) is 5.45. The molecule has 0 aliphatic rings. The molecule has 0 saturated heterocycles. The van der Waals surface area contributed by atoms with Crippen LogP contribution in [0.4, 0.5) is 0 Å². The highest BCUT2D eigenvalue weighted by Gasteiger charge is 2.23. The number of guanidine groups is 1. The van der Waals surface area contributed by atoms with Gasteiger partial charge in [0.05, 0.1) is 19.4 Å². The van der Waals surface area contributed by atoms with Crippen LogP contribution in [0.2, 0.25) is 0 Å². The quantitative estimate of drug-likeness (QED) is 0.257. The van der Waals surface area contributed by atoms with E-state index in [1.807, 2.05) is 23.8 Å². The minimum atomic E-state index is -1.02. The number of nitrogens with zero attached hydrogens (tertiary/aromatic N) is 1. The highest BCUT2D eigenvalue weighted by atomic mass is 127. The van der Waals surface area contributed by atoms with Crippen LogP contribution in [-0.2, 0) is 16.9 Å². The van der Waals surface area contributed by atoms with E-state index < -0.39 is 5.60 Å². The average Bonchev–Trinajstić information content (AvgIpc) is 3.29. The number of aliphatic imine (C=N–C) groups is 1. The Balaban J connectivity index is 0.00000338. The zero-order chi connectivity index (χ0) is 18.1. The van der Waals surface area contributed by atoms with E-state index in [1.165, 1.54) is 11.3 Å². The number of amides is 1. The van der Waals surface area contributed by atoms with Crippen LogP contribution in [0, 0.1) is 0 Å². The fraction of sp³-hybridized carbons (Fsp3) is 0.412. The Morgan fingerprint density at radius 3 is 2.77 bits per heavy atom. The Labute approximate surface area is 174 Å². The van der Waals surface area contributed by atoms with Gasteiger partial charge < -0.3 is 25.5 Å². The molecule has 0 aliphatic heterocycles. The topological polar surface area (TPSA) is 98.9 Å². The summed E-state index contributed by atoms with van der Waals surface area (Å²) in [5.41, 5.74) is -0.172. The zero-order valence-electron chi connectivity index (χ0n) is 14.8. The lowest BCUT2D eigenvalue weighted by molar-refractivity contribution is -0.119. The first-order valence-electron chi connectivity index (χ1n) is 8.07. The smallest absolute Gasteiger partial charge is 0.242 e. The van der Waals surface area contributed by atoms with E-state index in [0.29, 0.717) is 24.8 Å². The van der Waals surface area contributed by atoms with Crippen molar-refractivity contribution < 1.29 is 14.3 Å². The van der Waals surface area contributed by atoms with Crippen LogP contribution in [-0.4, -0.2) is 36.6 Å². The van der Waals surface area contributed by atoms with E-state index >= 15 is 0 Å². The molecule has 0 bridgehead atoms. The number of carbonyl (C=O) groups is 1. The van der Waals surface area contributed by atoms with Crippen molar-refractivity contribution in [2.45, 2.75) is 26.0 Å². The van der Waals surface area contributed by atoms with Gasteiger partial charge in [-0.2, -0.15) is 11.3 Å². The molecule has 1 amide bonds. The van der Waals surface area contributed by atoms with Crippen molar-refractivity contribution in [1.82, 2.24) is 16.0 Å². The summed E-state index contributed by atoms with van der Waals surface area (Å²) in [4.78, 5) is 16.1. The third-order valence-corrected chi connectivity index (χ3v) is 4.19. The fourth-order valence-electron chi connectivity index (χ4n) is 2.08. The minimum absolute atomic E-state index is 0. The van der Waals surface area contributed by atoms with Crippen LogP contribution in [0.15, 0.2) is 44.6 Å². The molecule has 2 rings (SSSR count). The van der Waals surface area contributed by atoms with Crippen LogP contribution in [0.3, 0.4) is 0 Å². The van der Waals surface area contributed by atoms with Crippen molar-refractivity contribution in [3.8, 4) is 0 Å². The monoisotopic (exact) mass is 492 g/mol. The Morgan fingerprint density at radius 1 is 1.35 bits per heavy atom. The van der Waals surface area contributed by atoms with Crippen molar-refractivity contribution >= 4 is 47.2 Å². The van der Waals surface area contributed by atoms with Crippen molar-refractivity contribution in [2.24, 2.45) is 4.99 Å². The van der Waals surface area contributed by atoms with Gasteiger partial charge in [-0.1, -0.05) is 0 Å². The molecule has 7 nitrogen and oxygen atoms in total. The van der Waals surface area contributed by atoms with E-state index in [1.54, 1.807) is 25.3 Å². The lowest BCUT2D eigenvalue weighted by atomic mass is 9.99. The van der Waals surface area contributed by atoms with Gasteiger partial charge in [-0.3, -0.25) is 4.79 Å². The summed E-state index contributed by atoms with van der Waals surface area (Å²) < 4.78 is 5.16. The molecular formula is C17H25IN4O3S. The molecule has 0 fully saturated rings. The number of furan rings is 1. The molecule has 2 heterocycles. The number of carbonyl (C=O) groups excluding carboxylic acids is 1.